The second-order valence-corrected chi connectivity index (χ2v) is 12.4. The Morgan fingerprint density at radius 3 is 2.80 bits per heavy atom. The van der Waals surface area contributed by atoms with E-state index in [0.29, 0.717) is 18.8 Å². The van der Waals surface area contributed by atoms with Crippen molar-refractivity contribution in [3.63, 3.8) is 0 Å². The lowest BCUT2D eigenvalue weighted by molar-refractivity contribution is 0.326. The molecule has 1 N–H and O–H groups in total. The lowest BCUT2D eigenvalue weighted by Gasteiger charge is -2.32. The normalized spacial score (nSPS) is 19.2. The van der Waals surface area contributed by atoms with Crippen molar-refractivity contribution in [2.24, 2.45) is 7.05 Å². The van der Waals surface area contributed by atoms with Gasteiger partial charge in [0.25, 0.3) is 0 Å². The molecule has 0 amide bonds. The van der Waals surface area contributed by atoms with E-state index in [1.165, 1.54) is 0 Å². The van der Waals surface area contributed by atoms with Crippen LogP contribution in [0.4, 0.5) is 5.13 Å². The number of piperidine rings is 1. The summed E-state index contributed by atoms with van der Waals surface area (Å²) >= 11 is 1.55. The SMILES string of the molecule is Cn1cc(-c2cc(Oc3ccc4nc(N[C@H]5CCCN(S(=O)(=O)C6CC6)C5)sc4c3)ccn2)cn1. The average molecular weight is 511 g/mol. The van der Waals surface area contributed by atoms with Crippen molar-refractivity contribution in [3.05, 3.63) is 48.9 Å². The lowest BCUT2D eigenvalue weighted by atomic mass is 10.1. The van der Waals surface area contributed by atoms with Crippen LogP contribution in [-0.2, 0) is 17.1 Å². The molecule has 1 aliphatic carbocycles. The van der Waals surface area contributed by atoms with Crippen molar-refractivity contribution in [1.82, 2.24) is 24.1 Å². The fourth-order valence-electron chi connectivity index (χ4n) is 4.39. The first-order chi connectivity index (χ1) is 16.9. The van der Waals surface area contributed by atoms with Gasteiger partial charge < -0.3 is 10.1 Å². The van der Waals surface area contributed by atoms with Crippen molar-refractivity contribution in [2.45, 2.75) is 37.0 Å². The number of sulfonamides is 1. The number of hydrogen-bond donors (Lipinski definition) is 1. The molecule has 1 aliphatic heterocycles. The Balaban J connectivity index is 1.16. The minimum absolute atomic E-state index is 0.0660. The summed E-state index contributed by atoms with van der Waals surface area (Å²) < 4.78 is 35.8. The molecular weight excluding hydrogens is 484 g/mol. The number of aryl methyl sites for hydroxylation is 1. The third-order valence-electron chi connectivity index (χ3n) is 6.34. The molecule has 1 aromatic carbocycles. The number of pyridine rings is 1. The second kappa shape index (κ2) is 8.89. The fourth-order valence-corrected chi connectivity index (χ4v) is 7.29. The van der Waals surface area contributed by atoms with E-state index < -0.39 is 10.0 Å². The molecule has 0 bridgehead atoms. The number of anilines is 1. The van der Waals surface area contributed by atoms with Crippen LogP contribution in [-0.4, -0.2) is 56.9 Å². The third-order valence-corrected chi connectivity index (χ3v) is 9.66. The Bertz CT molecular complexity index is 1480. The van der Waals surface area contributed by atoms with E-state index in [0.717, 1.165) is 58.0 Å². The lowest BCUT2D eigenvalue weighted by Crippen LogP contribution is -2.46. The minimum Gasteiger partial charge on any atom is -0.457 e. The molecule has 11 heteroatoms. The summed E-state index contributed by atoms with van der Waals surface area (Å²) in [6.07, 6.45) is 8.80. The first-order valence-corrected chi connectivity index (χ1v) is 14.0. The average Bonchev–Trinajstić information content (AvgIpc) is 3.52. The molecule has 0 radical (unpaired) electrons. The summed E-state index contributed by atoms with van der Waals surface area (Å²) in [7, 11) is -1.27. The van der Waals surface area contributed by atoms with Gasteiger partial charge in [-0.3, -0.25) is 9.67 Å². The third kappa shape index (κ3) is 4.75. The Kier molecular flexibility index (Phi) is 5.70. The van der Waals surface area contributed by atoms with Gasteiger partial charge in [-0.05, 0) is 43.9 Å². The molecule has 2 aliphatic rings. The van der Waals surface area contributed by atoms with Crippen molar-refractivity contribution >= 4 is 36.7 Å². The van der Waals surface area contributed by atoms with Crippen LogP contribution < -0.4 is 10.1 Å². The van der Waals surface area contributed by atoms with E-state index >= 15 is 0 Å². The maximum absolute atomic E-state index is 12.6. The van der Waals surface area contributed by atoms with E-state index in [2.05, 4.69) is 15.4 Å². The van der Waals surface area contributed by atoms with Gasteiger partial charge in [0.15, 0.2) is 5.13 Å². The van der Waals surface area contributed by atoms with Crippen LogP contribution in [0.5, 0.6) is 11.5 Å². The van der Waals surface area contributed by atoms with Crippen LogP contribution in [0.3, 0.4) is 0 Å². The number of benzene rings is 1. The van der Waals surface area contributed by atoms with Crippen molar-refractivity contribution in [1.29, 1.82) is 0 Å². The van der Waals surface area contributed by atoms with Gasteiger partial charge in [0, 0.05) is 56.3 Å². The minimum atomic E-state index is -3.14. The van der Waals surface area contributed by atoms with Gasteiger partial charge in [0.05, 0.1) is 27.4 Å². The zero-order valence-electron chi connectivity index (χ0n) is 19.3. The number of nitrogens with one attached hydrogen (secondary N) is 1. The smallest absolute Gasteiger partial charge is 0.217 e. The summed E-state index contributed by atoms with van der Waals surface area (Å²) in [6, 6.07) is 9.62. The zero-order chi connectivity index (χ0) is 24.0. The number of ether oxygens (including phenoxy) is 1. The highest BCUT2D eigenvalue weighted by atomic mass is 32.2. The van der Waals surface area contributed by atoms with E-state index in [1.807, 2.05) is 43.6 Å². The van der Waals surface area contributed by atoms with Crippen LogP contribution >= 0.6 is 11.3 Å². The highest BCUT2D eigenvalue weighted by molar-refractivity contribution is 7.90. The van der Waals surface area contributed by atoms with E-state index in [4.69, 9.17) is 9.72 Å². The molecule has 1 saturated carbocycles. The maximum atomic E-state index is 12.6. The Morgan fingerprint density at radius 1 is 1.14 bits per heavy atom. The van der Waals surface area contributed by atoms with Crippen LogP contribution in [0.15, 0.2) is 48.9 Å². The summed E-state index contributed by atoms with van der Waals surface area (Å²) in [4.78, 5) is 9.13. The van der Waals surface area contributed by atoms with Gasteiger partial charge in [-0.2, -0.15) is 9.40 Å². The molecule has 3 aromatic heterocycles. The van der Waals surface area contributed by atoms with Gasteiger partial charge in [0.2, 0.25) is 10.0 Å². The van der Waals surface area contributed by atoms with Crippen LogP contribution in [0.2, 0.25) is 0 Å². The number of nitrogens with zero attached hydrogens (tertiary/aromatic N) is 5. The Hall–Kier alpha value is -3.02. The highest BCUT2D eigenvalue weighted by Gasteiger charge is 2.41. The highest BCUT2D eigenvalue weighted by Crippen LogP contribution is 2.35. The quantitative estimate of drug-likeness (QED) is 0.396. The molecule has 9 nitrogen and oxygen atoms in total. The van der Waals surface area contributed by atoms with Gasteiger partial charge in [0.1, 0.15) is 11.5 Å². The van der Waals surface area contributed by atoms with E-state index in [-0.39, 0.29) is 11.3 Å². The van der Waals surface area contributed by atoms with Crippen molar-refractivity contribution in [2.75, 3.05) is 18.4 Å². The van der Waals surface area contributed by atoms with Crippen LogP contribution in [0, 0.1) is 0 Å². The first-order valence-electron chi connectivity index (χ1n) is 11.7. The fraction of sp³-hybridized carbons (Fsp3) is 0.375. The van der Waals surface area contributed by atoms with Gasteiger partial charge in [-0.25, -0.2) is 13.4 Å². The summed E-state index contributed by atoms with van der Waals surface area (Å²) in [6.45, 7) is 1.12. The summed E-state index contributed by atoms with van der Waals surface area (Å²) in [5, 5.41) is 8.31. The molecule has 6 rings (SSSR count). The van der Waals surface area contributed by atoms with Crippen LogP contribution in [0.1, 0.15) is 25.7 Å². The maximum Gasteiger partial charge on any atom is 0.217 e. The summed E-state index contributed by atoms with van der Waals surface area (Å²) in [5.41, 5.74) is 2.61. The molecule has 1 atom stereocenters. The van der Waals surface area contributed by atoms with Gasteiger partial charge in [-0.15, -0.1) is 0 Å². The predicted molar refractivity (Wildman–Crippen MR) is 136 cm³/mol. The van der Waals surface area contributed by atoms with Crippen LogP contribution in [0.25, 0.3) is 21.5 Å². The molecular formula is C24H26N6O3S2. The first kappa shape index (κ1) is 22.4. The number of aromatic nitrogens is 4. The monoisotopic (exact) mass is 510 g/mol. The topological polar surface area (TPSA) is 102 Å². The number of hydrogen-bond acceptors (Lipinski definition) is 8. The largest absolute Gasteiger partial charge is 0.457 e. The molecule has 0 unspecified atom stereocenters. The second-order valence-electron chi connectivity index (χ2n) is 9.12. The standard InChI is InChI=1S/C24H26N6O3S2/c1-29-14-16(13-26-29)22-11-19(8-9-25-22)33-18-4-7-21-23(12-18)34-24(28-21)27-17-3-2-10-30(15-17)35(31,32)20-5-6-20/h4,7-9,11-14,17,20H,2-3,5-6,10,15H2,1H3,(H,27,28)/t17-/m0/s1. The van der Waals surface area contributed by atoms with E-state index in [1.54, 1.807) is 32.7 Å². The number of fused-ring (bicyclic) bond motifs is 1. The molecule has 1 saturated heterocycles. The van der Waals surface area contributed by atoms with Gasteiger partial charge in [-0.1, -0.05) is 11.3 Å². The predicted octanol–water partition coefficient (Wildman–Crippen LogP) is 4.25. The Morgan fingerprint density at radius 2 is 2.00 bits per heavy atom. The number of rotatable bonds is 7. The zero-order valence-corrected chi connectivity index (χ0v) is 20.9. The molecule has 0 spiro atoms. The van der Waals surface area contributed by atoms with E-state index in [9.17, 15) is 8.42 Å². The number of thiazole rings is 1. The van der Waals surface area contributed by atoms with Crippen molar-refractivity contribution in [3.8, 4) is 22.8 Å². The van der Waals surface area contributed by atoms with Gasteiger partial charge >= 0.3 is 0 Å². The molecule has 35 heavy (non-hydrogen) atoms. The molecule has 4 heterocycles. The molecule has 2 fully saturated rings. The summed E-state index contributed by atoms with van der Waals surface area (Å²) in [5.74, 6) is 1.41. The Labute approximate surface area is 207 Å². The molecule has 182 valence electrons. The molecule has 4 aromatic rings. The van der Waals surface area contributed by atoms with Crippen molar-refractivity contribution < 1.29 is 13.2 Å².